The molecule has 0 saturated heterocycles. The molecule has 1 amide bonds. The molecule has 3 nitrogen and oxygen atoms in total. The van der Waals surface area contributed by atoms with Crippen molar-refractivity contribution >= 4 is 21.8 Å². The zero-order valence-electron chi connectivity index (χ0n) is 11.0. The predicted octanol–water partition coefficient (Wildman–Crippen LogP) is 3.26. The topological polar surface area (TPSA) is 49.3 Å². The maximum atomic E-state index is 12.0. The summed E-state index contributed by atoms with van der Waals surface area (Å²) >= 11 is 3.34. The van der Waals surface area contributed by atoms with Crippen LogP contribution in [0.3, 0.4) is 0 Å². The van der Waals surface area contributed by atoms with Gasteiger partial charge in [0.1, 0.15) is 0 Å². The van der Waals surface area contributed by atoms with Crippen LogP contribution in [0.4, 0.5) is 0 Å². The molecular formula is C15H20BrNO2. The Hall–Kier alpha value is -0.870. The average molecular weight is 326 g/mol. The molecular weight excluding hydrogens is 306 g/mol. The van der Waals surface area contributed by atoms with Crippen molar-refractivity contribution in [1.29, 1.82) is 0 Å². The van der Waals surface area contributed by atoms with Gasteiger partial charge in [-0.25, -0.2) is 0 Å². The van der Waals surface area contributed by atoms with Gasteiger partial charge in [0.25, 0.3) is 5.91 Å². The molecule has 0 heterocycles. The first kappa shape index (κ1) is 14.5. The third-order valence-corrected chi connectivity index (χ3v) is 4.25. The molecule has 0 unspecified atom stereocenters. The van der Waals surface area contributed by atoms with Crippen LogP contribution >= 0.6 is 15.9 Å². The van der Waals surface area contributed by atoms with Gasteiger partial charge in [0.15, 0.2) is 0 Å². The van der Waals surface area contributed by atoms with Gasteiger partial charge in [-0.3, -0.25) is 4.79 Å². The summed E-state index contributed by atoms with van der Waals surface area (Å²) in [5.74, 6) is -0.120. The number of aliphatic hydroxyl groups is 1. The summed E-state index contributed by atoms with van der Waals surface area (Å²) in [6.45, 7) is 0.349. The average Bonchev–Trinajstić information content (AvgIpc) is 2.62. The van der Waals surface area contributed by atoms with E-state index in [1.165, 1.54) is 12.8 Å². The predicted molar refractivity (Wildman–Crippen MR) is 79.1 cm³/mol. The van der Waals surface area contributed by atoms with Gasteiger partial charge in [-0.05, 0) is 37.1 Å². The molecule has 0 aliphatic heterocycles. The van der Waals surface area contributed by atoms with E-state index >= 15 is 0 Å². The Morgan fingerprint density at radius 1 is 1.16 bits per heavy atom. The van der Waals surface area contributed by atoms with Gasteiger partial charge in [0.05, 0.1) is 5.60 Å². The zero-order valence-corrected chi connectivity index (χ0v) is 12.6. The number of nitrogens with one attached hydrogen (secondary N) is 1. The van der Waals surface area contributed by atoms with Gasteiger partial charge in [0.2, 0.25) is 0 Å². The van der Waals surface area contributed by atoms with Crippen LogP contribution in [0.2, 0.25) is 0 Å². The molecule has 19 heavy (non-hydrogen) atoms. The van der Waals surface area contributed by atoms with E-state index in [1.807, 2.05) is 12.1 Å². The van der Waals surface area contributed by atoms with Crippen LogP contribution in [0, 0.1) is 0 Å². The standard InChI is InChI=1S/C15H20BrNO2/c16-13-7-5-12(6-8-13)14(18)17-11-15(19)9-3-1-2-4-10-15/h5-8,19H,1-4,9-11H2,(H,17,18). The minimum atomic E-state index is -0.721. The molecule has 0 atom stereocenters. The first-order valence-corrected chi connectivity index (χ1v) is 7.65. The van der Waals surface area contributed by atoms with E-state index in [-0.39, 0.29) is 5.91 Å². The summed E-state index contributed by atoms with van der Waals surface area (Å²) in [4.78, 5) is 12.0. The molecule has 1 aromatic rings. The van der Waals surface area contributed by atoms with Gasteiger partial charge < -0.3 is 10.4 Å². The van der Waals surface area contributed by atoms with Crippen LogP contribution in [0.5, 0.6) is 0 Å². The monoisotopic (exact) mass is 325 g/mol. The molecule has 1 aromatic carbocycles. The summed E-state index contributed by atoms with van der Waals surface area (Å²) in [6.07, 6.45) is 6.03. The van der Waals surface area contributed by atoms with Crippen molar-refractivity contribution in [1.82, 2.24) is 5.32 Å². The summed E-state index contributed by atoms with van der Waals surface area (Å²) in [7, 11) is 0. The SMILES string of the molecule is O=C(NCC1(O)CCCCCC1)c1ccc(Br)cc1. The Morgan fingerprint density at radius 2 is 1.74 bits per heavy atom. The second-order valence-electron chi connectivity index (χ2n) is 5.33. The highest BCUT2D eigenvalue weighted by molar-refractivity contribution is 9.10. The number of carbonyl (C=O) groups excluding carboxylic acids is 1. The first-order valence-electron chi connectivity index (χ1n) is 6.85. The summed E-state index contributed by atoms with van der Waals surface area (Å²) in [6, 6.07) is 7.23. The van der Waals surface area contributed by atoms with E-state index in [1.54, 1.807) is 12.1 Å². The highest BCUT2D eigenvalue weighted by atomic mass is 79.9. The van der Waals surface area contributed by atoms with E-state index in [0.29, 0.717) is 12.1 Å². The maximum Gasteiger partial charge on any atom is 0.251 e. The molecule has 1 aliphatic rings. The number of benzene rings is 1. The number of carbonyl (C=O) groups is 1. The van der Waals surface area contributed by atoms with E-state index in [0.717, 1.165) is 30.2 Å². The van der Waals surface area contributed by atoms with Gasteiger partial charge in [-0.1, -0.05) is 41.6 Å². The molecule has 104 valence electrons. The number of halogens is 1. The Labute approximate surface area is 122 Å². The van der Waals surface area contributed by atoms with Crippen LogP contribution in [0.1, 0.15) is 48.9 Å². The highest BCUT2D eigenvalue weighted by Gasteiger charge is 2.28. The van der Waals surface area contributed by atoms with Crippen LogP contribution in [0.15, 0.2) is 28.7 Å². The molecule has 0 bridgehead atoms. The molecule has 0 aromatic heterocycles. The second-order valence-corrected chi connectivity index (χ2v) is 6.24. The maximum absolute atomic E-state index is 12.0. The summed E-state index contributed by atoms with van der Waals surface area (Å²) < 4.78 is 0.950. The minimum absolute atomic E-state index is 0.120. The number of amides is 1. The highest BCUT2D eigenvalue weighted by Crippen LogP contribution is 2.26. The van der Waals surface area contributed by atoms with Crippen molar-refractivity contribution in [2.45, 2.75) is 44.1 Å². The number of rotatable bonds is 3. The molecule has 0 spiro atoms. The first-order chi connectivity index (χ1) is 9.09. The van der Waals surface area contributed by atoms with E-state index in [2.05, 4.69) is 21.2 Å². The fourth-order valence-electron chi connectivity index (χ4n) is 2.51. The van der Waals surface area contributed by atoms with E-state index < -0.39 is 5.60 Å². The van der Waals surface area contributed by atoms with Crippen LogP contribution in [-0.2, 0) is 0 Å². The van der Waals surface area contributed by atoms with E-state index in [9.17, 15) is 9.90 Å². The van der Waals surface area contributed by atoms with E-state index in [4.69, 9.17) is 0 Å². The third-order valence-electron chi connectivity index (χ3n) is 3.72. The quantitative estimate of drug-likeness (QED) is 0.838. The second kappa shape index (κ2) is 6.53. The van der Waals surface area contributed by atoms with Gasteiger partial charge in [-0.2, -0.15) is 0 Å². The minimum Gasteiger partial charge on any atom is -0.388 e. The molecule has 2 rings (SSSR count). The molecule has 2 N–H and O–H groups in total. The van der Waals surface area contributed by atoms with Crippen LogP contribution in [-0.4, -0.2) is 23.2 Å². The normalized spacial score (nSPS) is 18.6. The fraction of sp³-hybridized carbons (Fsp3) is 0.533. The van der Waals surface area contributed by atoms with Crippen molar-refractivity contribution in [3.63, 3.8) is 0 Å². The Bertz CT molecular complexity index is 422. The van der Waals surface area contributed by atoms with Crippen molar-refractivity contribution in [2.75, 3.05) is 6.54 Å². The Kier molecular flexibility index (Phi) is 4.99. The lowest BCUT2D eigenvalue weighted by Crippen LogP contribution is -2.42. The molecule has 1 fully saturated rings. The van der Waals surface area contributed by atoms with Gasteiger partial charge >= 0.3 is 0 Å². The summed E-state index contributed by atoms with van der Waals surface area (Å²) in [5, 5.41) is 13.3. The lowest BCUT2D eigenvalue weighted by Gasteiger charge is -2.26. The smallest absolute Gasteiger partial charge is 0.251 e. The van der Waals surface area contributed by atoms with Gasteiger partial charge in [0, 0.05) is 16.6 Å². The summed E-state index contributed by atoms with van der Waals surface area (Å²) in [5.41, 5.74) is -0.0953. The molecule has 0 radical (unpaired) electrons. The van der Waals surface area contributed by atoms with Crippen molar-refractivity contribution in [3.05, 3.63) is 34.3 Å². The Balaban J connectivity index is 1.90. The lowest BCUT2D eigenvalue weighted by atomic mass is 9.94. The van der Waals surface area contributed by atoms with Crippen molar-refractivity contribution in [3.8, 4) is 0 Å². The fourth-order valence-corrected chi connectivity index (χ4v) is 2.78. The molecule has 1 saturated carbocycles. The van der Waals surface area contributed by atoms with Crippen molar-refractivity contribution < 1.29 is 9.90 Å². The van der Waals surface area contributed by atoms with Crippen LogP contribution in [0.25, 0.3) is 0 Å². The van der Waals surface area contributed by atoms with Crippen LogP contribution < -0.4 is 5.32 Å². The number of hydrogen-bond acceptors (Lipinski definition) is 2. The largest absolute Gasteiger partial charge is 0.388 e. The zero-order chi connectivity index (χ0) is 13.7. The molecule has 1 aliphatic carbocycles. The van der Waals surface area contributed by atoms with Gasteiger partial charge in [-0.15, -0.1) is 0 Å². The van der Waals surface area contributed by atoms with Crippen molar-refractivity contribution in [2.24, 2.45) is 0 Å². The third kappa shape index (κ3) is 4.32. The lowest BCUT2D eigenvalue weighted by molar-refractivity contribution is 0.0246. The number of hydrogen-bond donors (Lipinski definition) is 2. The Morgan fingerprint density at radius 3 is 2.32 bits per heavy atom. The molecule has 4 heteroatoms.